The largest absolute Gasteiger partial charge is 0.497 e. The van der Waals surface area contributed by atoms with Crippen molar-refractivity contribution in [3.05, 3.63) is 59.9 Å². The molecule has 0 saturated heterocycles. The number of hydrogen-bond acceptors (Lipinski definition) is 4. The molecule has 0 saturated carbocycles. The highest BCUT2D eigenvalue weighted by Gasteiger charge is 2.07. The minimum Gasteiger partial charge on any atom is -0.497 e. The number of carbonyl (C=O) groups is 1. The maximum absolute atomic E-state index is 13.4. The maximum atomic E-state index is 13.4. The lowest BCUT2D eigenvalue weighted by Gasteiger charge is -2.16. The van der Waals surface area contributed by atoms with E-state index in [0.717, 1.165) is 17.7 Å². The standard InChI is InChI=1S/C20H25FN2O3/c1-23(13-14-26-19-6-4-3-5-18(19)21)15-20(24)22-12-11-16-7-9-17(25-2)10-8-16/h3-10H,11-15H2,1-2H3,(H,22,24). The van der Waals surface area contributed by atoms with Crippen LogP contribution >= 0.6 is 0 Å². The van der Waals surface area contributed by atoms with Gasteiger partial charge in [0.15, 0.2) is 11.6 Å². The monoisotopic (exact) mass is 360 g/mol. The van der Waals surface area contributed by atoms with E-state index in [0.29, 0.717) is 19.7 Å². The smallest absolute Gasteiger partial charge is 0.234 e. The zero-order valence-corrected chi connectivity index (χ0v) is 15.2. The van der Waals surface area contributed by atoms with Gasteiger partial charge < -0.3 is 14.8 Å². The molecule has 0 fully saturated rings. The minimum atomic E-state index is -0.383. The number of methoxy groups -OCH3 is 1. The molecule has 2 aromatic carbocycles. The van der Waals surface area contributed by atoms with Crippen molar-refractivity contribution in [3.63, 3.8) is 0 Å². The van der Waals surface area contributed by atoms with Gasteiger partial charge in [0.05, 0.1) is 13.7 Å². The molecule has 0 unspecified atom stereocenters. The molecule has 0 heterocycles. The molecule has 0 atom stereocenters. The summed E-state index contributed by atoms with van der Waals surface area (Å²) in [5.74, 6) is 0.611. The normalized spacial score (nSPS) is 10.6. The molecule has 2 aromatic rings. The Morgan fingerprint density at radius 1 is 1.15 bits per heavy atom. The minimum absolute atomic E-state index is 0.0492. The Balaban J connectivity index is 1.61. The van der Waals surface area contributed by atoms with E-state index in [1.165, 1.54) is 6.07 Å². The van der Waals surface area contributed by atoms with Crippen molar-refractivity contribution in [3.8, 4) is 11.5 Å². The number of rotatable bonds is 10. The SMILES string of the molecule is COc1ccc(CCNC(=O)CN(C)CCOc2ccccc2F)cc1. The number of benzene rings is 2. The lowest BCUT2D eigenvalue weighted by molar-refractivity contribution is -0.121. The highest BCUT2D eigenvalue weighted by Crippen LogP contribution is 2.15. The second kappa shape index (κ2) is 10.4. The van der Waals surface area contributed by atoms with Gasteiger partial charge in [-0.25, -0.2) is 4.39 Å². The predicted molar refractivity (Wildman–Crippen MR) is 99.1 cm³/mol. The fraction of sp³-hybridized carbons (Fsp3) is 0.350. The van der Waals surface area contributed by atoms with Crippen LogP contribution in [0.25, 0.3) is 0 Å². The lowest BCUT2D eigenvalue weighted by atomic mass is 10.1. The highest BCUT2D eigenvalue weighted by atomic mass is 19.1. The Bertz CT molecular complexity index is 692. The molecule has 0 radical (unpaired) electrons. The number of hydrogen-bond donors (Lipinski definition) is 1. The summed E-state index contributed by atoms with van der Waals surface area (Å²) in [4.78, 5) is 13.8. The molecule has 26 heavy (non-hydrogen) atoms. The summed E-state index contributed by atoms with van der Waals surface area (Å²) in [6.07, 6.45) is 0.760. The highest BCUT2D eigenvalue weighted by molar-refractivity contribution is 5.77. The van der Waals surface area contributed by atoms with E-state index in [9.17, 15) is 9.18 Å². The molecule has 2 rings (SSSR count). The van der Waals surface area contributed by atoms with Crippen LogP contribution in [0.3, 0.4) is 0 Å². The van der Waals surface area contributed by atoms with Crippen molar-refractivity contribution in [1.82, 2.24) is 10.2 Å². The Hall–Kier alpha value is -2.60. The number of para-hydroxylation sites is 1. The molecular formula is C20H25FN2O3. The Kier molecular flexibility index (Phi) is 7.89. The molecule has 0 spiro atoms. The van der Waals surface area contributed by atoms with Crippen molar-refractivity contribution < 1.29 is 18.7 Å². The molecule has 140 valence electrons. The zero-order valence-electron chi connectivity index (χ0n) is 15.2. The summed E-state index contributed by atoms with van der Waals surface area (Å²) < 4.78 is 23.9. The molecule has 0 aromatic heterocycles. The third-order valence-corrected chi connectivity index (χ3v) is 3.88. The van der Waals surface area contributed by atoms with Crippen LogP contribution in [0.2, 0.25) is 0 Å². The first-order chi connectivity index (χ1) is 12.6. The first-order valence-electron chi connectivity index (χ1n) is 8.54. The van der Waals surface area contributed by atoms with Gasteiger partial charge in [0.25, 0.3) is 0 Å². The van der Waals surface area contributed by atoms with Gasteiger partial charge in [-0.3, -0.25) is 9.69 Å². The van der Waals surface area contributed by atoms with Crippen molar-refractivity contribution in [2.45, 2.75) is 6.42 Å². The van der Waals surface area contributed by atoms with Crippen molar-refractivity contribution in [2.24, 2.45) is 0 Å². The van der Waals surface area contributed by atoms with Crippen LogP contribution in [-0.4, -0.2) is 51.2 Å². The van der Waals surface area contributed by atoms with Crippen molar-refractivity contribution >= 4 is 5.91 Å². The second-order valence-corrected chi connectivity index (χ2v) is 5.96. The fourth-order valence-corrected chi connectivity index (χ4v) is 2.39. The molecule has 5 nitrogen and oxygen atoms in total. The molecule has 0 aliphatic carbocycles. The molecule has 0 aliphatic heterocycles. The topological polar surface area (TPSA) is 50.8 Å². The average molecular weight is 360 g/mol. The molecule has 1 N–H and O–H groups in total. The van der Waals surface area contributed by atoms with E-state index in [1.807, 2.05) is 36.2 Å². The van der Waals surface area contributed by atoms with Crippen LogP contribution in [-0.2, 0) is 11.2 Å². The lowest BCUT2D eigenvalue weighted by Crippen LogP contribution is -2.37. The number of likely N-dealkylation sites (N-methyl/N-ethyl adjacent to an activating group) is 1. The van der Waals surface area contributed by atoms with Gasteiger partial charge in [0.1, 0.15) is 12.4 Å². The molecule has 1 amide bonds. The average Bonchev–Trinajstić information content (AvgIpc) is 2.64. The molecular weight excluding hydrogens is 335 g/mol. The Labute approximate surface area is 153 Å². The van der Waals surface area contributed by atoms with Crippen LogP contribution in [0.5, 0.6) is 11.5 Å². The first-order valence-corrected chi connectivity index (χ1v) is 8.54. The number of nitrogens with one attached hydrogen (secondary N) is 1. The van der Waals surface area contributed by atoms with E-state index in [-0.39, 0.29) is 24.0 Å². The fourth-order valence-electron chi connectivity index (χ4n) is 2.39. The van der Waals surface area contributed by atoms with Crippen molar-refractivity contribution in [1.29, 1.82) is 0 Å². The third kappa shape index (κ3) is 6.72. The number of amides is 1. The number of carbonyl (C=O) groups excluding carboxylic acids is 1. The van der Waals surface area contributed by atoms with Gasteiger partial charge in [0.2, 0.25) is 5.91 Å². The zero-order chi connectivity index (χ0) is 18.8. The summed E-state index contributed by atoms with van der Waals surface area (Å²) in [5.41, 5.74) is 1.14. The van der Waals surface area contributed by atoms with Crippen LogP contribution in [0, 0.1) is 5.82 Å². The summed E-state index contributed by atoms with van der Waals surface area (Å²) in [6, 6.07) is 14.1. The summed E-state index contributed by atoms with van der Waals surface area (Å²) in [7, 11) is 3.46. The van der Waals surface area contributed by atoms with Crippen LogP contribution in [0.4, 0.5) is 4.39 Å². The number of ether oxygens (including phenoxy) is 2. The van der Waals surface area contributed by atoms with Gasteiger partial charge in [-0.1, -0.05) is 24.3 Å². The van der Waals surface area contributed by atoms with Gasteiger partial charge >= 0.3 is 0 Å². The van der Waals surface area contributed by atoms with E-state index in [4.69, 9.17) is 9.47 Å². The number of halogens is 1. The van der Waals surface area contributed by atoms with E-state index < -0.39 is 0 Å². The van der Waals surface area contributed by atoms with E-state index >= 15 is 0 Å². The third-order valence-electron chi connectivity index (χ3n) is 3.88. The van der Waals surface area contributed by atoms with Gasteiger partial charge in [-0.2, -0.15) is 0 Å². The van der Waals surface area contributed by atoms with E-state index in [1.54, 1.807) is 25.3 Å². The predicted octanol–water partition coefficient (Wildman–Crippen LogP) is 2.50. The van der Waals surface area contributed by atoms with Crippen molar-refractivity contribution in [2.75, 3.05) is 40.4 Å². The number of nitrogens with zero attached hydrogens (tertiary/aromatic N) is 1. The van der Waals surface area contributed by atoms with Gasteiger partial charge in [-0.15, -0.1) is 0 Å². The molecule has 6 heteroatoms. The summed E-state index contributed by atoms with van der Waals surface area (Å²) in [5, 5.41) is 2.90. The maximum Gasteiger partial charge on any atom is 0.234 e. The molecule has 0 bridgehead atoms. The Morgan fingerprint density at radius 3 is 2.58 bits per heavy atom. The van der Waals surface area contributed by atoms with Gasteiger partial charge in [-0.05, 0) is 43.3 Å². The summed E-state index contributed by atoms with van der Waals surface area (Å²) >= 11 is 0. The summed E-state index contributed by atoms with van der Waals surface area (Å²) in [6.45, 7) is 1.69. The second-order valence-electron chi connectivity index (χ2n) is 5.96. The Morgan fingerprint density at radius 2 is 1.88 bits per heavy atom. The van der Waals surface area contributed by atoms with Crippen LogP contribution in [0.15, 0.2) is 48.5 Å². The first kappa shape index (κ1) is 19.7. The molecule has 0 aliphatic rings. The van der Waals surface area contributed by atoms with Crippen LogP contribution in [0.1, 0.15) is 5.56 Å². The van der Waals surface area contributed by atoms with Gasteiger partial charge in [0, 0.05) is 13.1 Å². The van der Waals surface area contributed by atoms with E-state index in [2.05, 4.69) is 5.32 Å². The quantitative estimate of drug-likeness (QED) is 0.707. The van der Waals surface area contributed by atoms with Crippen LogP contribution < -0.4 is 14.8 Å².